The van der Waals surface area contributed by atoms with Gasteiger partial charge >= 0.3 is 0 Å². The molecule has 0 amide bonds. The van der Waals surface area contributed by atoms with E-state index in [0.717, 1.165) is 35.5 Å². The molecule has 1 aliphatic heterocycles. The summed E-state index contributed by atoms with van der Waals surface area (Å²) in [6.45, 7) is 1.06. The standard InChI is InChI=1S/C27H26FN5O2/c28-25-14-20(11-13-30-25)33-27(23-17-35-24-6-2-1-5-22(23)24)31-26(32-33)19-7-9-21(10-8-19)34-16-18-4-3-12-29-15-18/h3-4,7-15,22-24H,1-2,5-6,16-17H2/t22-,23-,24-/m1/s1. The van der Waals surface area contributed by atoms with Gasteiger partial charge in [0.05, 0.1) is 18.4 Å². The summed E-state index contributed by atoms with van der Waals surface area (Å²) >= 11 is 0. The van der Waals surface area contributed by atoms with Gasteiger partial charge in [-0.05, 0) is 55.2 Å². The molecule has 8 heteroatoms. The Morgan fingerprint density at radius 1 is 1.06 bits per heavy atom. The van der Waals surface area contributed by atoms with Crippen molar-refractivity contribution >= 4 is 0 Å². The molecule has 3 atom stereocenters. The van der Waals surface area contributed by atoms with Gasteiger partial charge in [-0.25, -0.2) is 14.6 Å². The van der Waals surface area contributed by atoms with E-state index in [1.807, 2.05) is 36.4 Å². The number of pyridine rings is 2. The van der Waals surface area contributed by atoms with Crippen LogP contribution in [0.2, 0.25) is 0 Å². The summed E-state index contributed by atoms with van der Waals surface area (Å²) in [5, 5.41) is 4.80. The van der Waals surface area contributed by atoms with Crippen LogP contribution in [-0.2, 0) is 11.3 Å². The van der Waals surface area contributed by atoms with Gasteiger partial charge in [-0.15, -0.1) is 5.10 Å². The number of hydrogen-bond acceptors (Lipinski definition) is 6. The van der Waals surface area contributed by atoms with Crippen LogP contribution in [0.4, 0.5) is 4.39 Å². The van der Waals surface area contributed by atoms with E-state index in [-0.39, 0.29) is 12.0 Å². The number of benzene rings is 1. The Kier molecular flexibility index (Phi) is 5.96. The number of hydrogen-bond donors (Lipinski definition) is 0. The minimum absolute atomic E-state index is 0.125. The third-order valence-electron chi connectivity index (χ3n) is 6.92. The third kappa shape index (κ3) is 4.53. The van der Waals surface area contributed by atoms with Crippen LogP contribution in [0.15, 0.2) is 67.1 Å². The maximum absolute atomic E-state index is 14.0. The minimum atomic E-state index is -0.543. The van der Waals surface area contributed by atoms with Gasteiger partial charge in [-0.1, -0.05) is 18.9 Å². The highest BCUT2D eigenvalue weighted by molar-refractivity contribution is 5.56. The summed E-state index contributed by atoms with van der Waals surface area (Å²) in [4.78, 5) is 12.8. The van der Waals surface area contributed by atoms with E-state index in [4.69, 9.17) is 19.6 Å². The van der Waals surface area contributed by atoms with Crippen molar-refractivity contribution in [3.63, 3.8) is 0 Å². The van der Waals surface area contributed by atoms with Crippen molar-refractivity contribution in [1.82, 2.24) is 24.7 Å². The molecule has 4 aromatic rings. The van der Waals surface area contributed by atoms with E-state index in [2.05, 4.69) is 9.97 Å². The normalized spacial score (nSPS) is 21.6. The molecular formula is C27H26FN5O2. The second kappa shape index (κ2) is 9.54. The lowest BCUT2D eigenvalue weighted by Gasteiger charge is -2.26. The number of aromatic nitrogens is 5. The molecule has 7 nitrogen and oxygen atoms in total. The Bertz CT molecular complexity index is 1290. The summed E-state index contributed by atoms with van der Waals surface area (Å²) in [5.74, 6) is 2.16. The van der Waals surface area contributed by atoms with E-state index in [0.29, 0.717) is 30.6 Å². The third-order valence-corrected chi connectivity index (χ3v) is 6.92. The number of halogens is 1. The van der Waals surface area contributed by atoms with Crippen LogP contribution in [0.5, 0.6) is 5.75 Å². The van der Waals surface area contributed by atoms with Crippen LogP contribution in [-0.4, -0.2) is 37.4 Å². The summed E-state index contributed by atoms with van der Waals surface area (Å²) in [7, 11) is 0. The molecule has 0 spiro atoms. The van der Waals surface area contributed by atoms with Gasteiger partial charge in [-0.3, -0.25) is 4.98 Å². The average molecular weight is 472 g/mol. The molecule has 0 bridgehead atoms. The number of rotatable bonds is 6. The maximum atomic E-state index is 14.0. The second-order valence-electron chi connectivity index (χ2n) is 9.14. The van der Waals surface area contributed by atoms with Crippen molar-refractivity contribution in [3.8, 4) is 22.8 Å². The van der Waals surface area contributed by atoms with Crippen molar-refractivity contribution in [2.24, 2.45) is 5.92 Å². The first-order valence-corrected chi connectivity index (χ1v) is 12.1. The number of fused-ring (bicyclic) bond motifs is 1. The first kappa shape index (κ1) is 21.9. The van der Waals surface area contributed by atoms with Crippen LogP contribution < -0.4 is 4.74 Å². The highest BCUT2D eigenvalue weighted by Gasteiger charge is 2.42. The fraction of sp³-hybridized carbons (Fsp3) is 0.333. The molecule has 1 saturated heterocycles. The molecule has 2 fully saturated rings. The maximum Gasteiger partial charge on any atom is 0.214 e. The predicted molar refractivity (Wildman–Crippen MR) is 128 cm³/mol. The highest BCUT2D eigenvalue weighted by atomic mass is 19.1. The molecule has 0 N–H and O–H groups in total. The van der Waals surface area contributed by atoms with Gasteiger partial charge in [0.2, 0.25) is 5.95 Å². The van der Waals surface area contributed by atoms with Gasteiger partial charge in [0.25, 0.3) is 0 Å². The summed E-state index contributed by atoms with van der Waals surface area (Å²) in [6.07, 6.45) is 9.87. The highest BCUT2D eigenvalue weighted by Crippen LogP contribution is 2.43. The molecule has 2 aliphatic rings. The Morgan fingerprint density at radius 2 is 1.94 bits per heavy atom. The van der Waals surface area contributed by atoms with Gasteiger partial charge in [0.1, 0.15) is 18.2 Å². The molecule has 1 aromatic carbocycles. The lowest BCUT2D eigenvalue weighted by atomic mass is 9.80. The Morgan fingerprint density at radius 3 is 2.77 bits per heavy atom. The van der Waals surface area contributed by atoms with Gasteiger partial charge in [-0.2, -0.15) is 4.39 Å². The van der Waals surface area contributed by atoms with E-state index < -0.39 is 5.95 Å². The van der Waals surface area contributed by atoms with E-state index in [1.165, 1.54) is 25.1 Å². The Balaban J connectivity index is 1.30. The summed E-state index contributed by atoms with van der Waals surface area (Å²) in [5.41, 5.74) is 2.49. The van der Waals surface area contributed by atoms with Gasteiger partial charge in [0, 0.05) is 41.7 Å². The molecule has 0 unspecified atom stereocenters. The largest absolute Gasteiger partial charge is 0.489 e. The van der Waals surface area contributed by atoms with E-state index in [9.17, 15) is 4.39 Å². The molecule has 178 valence electrons. The van der Waals surface area contributed by atoms with E-state index >= 15 is 0 Å². The van der Waals surface area contributed by atoms with Gasteiger partial charge in [0.15, 0.2) is 5.82 Å². The molecule has 1 aliphatic carbocycles. The fourth-order valence-electron chi connectivity index (χ4n) is 5.16. The summed E-state index contributed by atoms with van der Waals surface area (Å²) < 4.78 is 27.8. The van der Waals surface area contributed by atoms with E-state index in [1.54, 1.807) is 23.1 Å². The molecule has 4 heterocycles. The van der Waals surface area contributed by atoms with Crippen molar-refractivity contribution in [1.29, 1.82) is 0 Å². The van der Waals surface area contributed by atoms with Crippen LogP contribution in [0.1, 0.15) is 43.0 Å². The Labute approximate surface area is 203 Å². The average Bonchev–Trinajstić information content (AvgIpc) is 3.53. The van der Waals surface area contributed by atoms with Crippen molar-refractivity contribution in [2.45, 2.75) is 44.3 Å². The predicted octanol–water partition coefficient (Wildman–Crippen LogP) is 5.12. The number of nitrogens with zero attached hydrogens (tertiary/aromatic N) is 5. The van der Waals surface area contributed by atoms with Crippen molar-refractivity contribution in [3.05, 3.63) is 84.5 Å². The SMILES string of the molecule is Fc1cc(-n2nc(-c3ccc(OCc4cccnc4)cc3)nc2[C@@H]2CO[C@@H]3CCCC[C@@H]32)ccn1. The monoisotopic (exact) mass is 471 g/mol. The topological polar surface area (TPSA) is 75.0 Å². The van der Waals surface area contributed by atoms with Crippen molar-refractivity contribution < 1.29 is 13.9 Å². The minimum Gasteiger partial charge on any atom is -0.489 e. The van der Waals surface area contributed by atoms with Gasteiger partial charge < -0.3 is 9.47 Å². The zero-order valence-corrected chi connectivity index (χ0v) is 19.3. The second-order valence-corrected chi connectivity index (χ2v) is 9.14. The smallest absolute Gasteiger partial charge is 0.214 e. The number of ether oxygens (including phenoxy) is 2. The fourth-order valence-corrected chi connectivity index (χ4v) is 5.16. The van der Waals surface area contributed by atoms with Crippen LogP contribution in [0.3, 0.4) is 0 Å². The quantitative estimate of drug-likeness (QED) is 0.364. The van der Waals surface area contributed by atoms with Crippen molar-refractivity contribution in [2.75, 3.05) is 6.61 Å². The molecule has 1 saturated carbocycles. The first-order valence-electron chi connectivity index (χ1n) is 12.1. The molecule has 35 heavy (non-hydrogen) atoms. The lowest BCUT2D eigenvalue weighted by molar-refractivity contribution is 0.0663. The molecule has 3 aromatic heterocycles. The molecular weight excluding hydrogens is 445 g/mol. The first-order chi connectivity index (χ1) is 17.2. The van der Waals surface area contributed by atoms with Crippen LogP contribution in [0, 0.1) is 11.9 Å². The molecule has 0 radical (unpaired) electrons. The zero-order chi connectivity index (χ0) is 23.6. The van der Waals surface area contributed by atoms with Crippen LogP contribution in [0.25, 0.3) is 17.1 Å². The Hall–Kier alpha value is -3.65. The molecule has 6 rings (SSSR count). The van der Waals surface area contributed by atoms with Crippen LogP contribution >= 0.6 is 0 Å². The lowest BCUT2D eigenvalue weighted by Crippen LogP contribution is -2.25. The summed E-state index contributed by atoms with van der Waals surface area (Å²) in [6, 6.07) is 14.7. The zero-order valence-electron chi connectivity index (χ0n) is 19.3.